The van der Waals surface area contributed by atoms with Crippen LogP contribution in [0.4, 0.5) is 22.7 Å². The zero-order valence-electron chi connectivity index (χ0n) is 27.8. The lowest BCUT2D eigenvalue weighted by Gasteiger charge is -2.04. The molecule has 2 atom stereocenters. The van der Waals surface area contributed by atoms with E-state index >= 15 is 0 Å². The summed E-state index contributed by atoms with van der Waals surface area (Å²) < 4.78 is 9.21. The van der Waals surface area contributed by atoms with Crippen molar-refractivity contribution in [2.24, 2.45) is 20.0 Å². The Morgan fingerprint density at radius 1 is 0.660 bits per heavy atom. The first-order chi connectivity index (χ1) is 24.3. The molecule has 0 aliphatic carbocycles. The van der Waals surface area contributed by atoms with Crippen LogP contribution in [0, 0.1) is 0 Å². The summed E-state index contributed by atoms with van der Waals surface area (Å²) in [5.74, 6) is 0. The predicted molar refractivity (Wildman–Crippen MR) is 188 cm³/mol. The second-order valence-electron chi connectivity index (χ2n) is 10.6. The largest absolute Gasteiger partial charge is 0.394 e. The van der Waals surface area contributed by atoms with Crippen molar-refractivity contribution in [2.75, 3.05) is 26.4 Å². The Morgan fingerprint density at radius 2 is 1.00 bits per heavy atom. The van der Waals surface area contributed by atoms with Crippen LogP contribution in [-0.4, -0.2) is 73.2 Å². The first-order valence-electron chi connectivity index (χ1n) is 15.5. The summed E-state index contributed by atoms with van der Waals surface area (Å²) in [6, 6.07) is 29.3. The molecule has 2 aliphatic rings. The smallest absolute Gasteiger partial charge is 0.240 e. The minimum Gasteiger partial charge on any atom is -0.394 e. The Bertz CT molecular complexity index is 1700. The van der Waals surface area contributed by atoms with Crippen LogP contribution in [0.5, 0.6) is 0 Å². The van der Waals surface area contributed by atoms with E-state index in [1.54, 1.807) is 48.5 Å². The predicted octanol–water partition coefficient (Wildman–Crippen LogP) is 6.21. The molecular formula is C38H38N4O8. The van der Waals surface area contributed by atoms with Crippen molar-refractivity contribution in [1.82, 2.24) is 0 Å². The van der Waals surface area contributed by atoms with E-state index in [0.717, 1.165) is 48.5 Å². The lowest BCUT2D eigenvalue weighted by Crippen LogP contribution is -2.03. The topological polar surface area (TPSA) is 183 Å². The zero-order valence-corrected chi connectivity index (χ0v) is 27.8. The molecule has 4 aromatic rings. The van der Waals surface area contributed by atoms with Crippen molar-refractivity contribution in [1.29, 1.82) is 0 Å². The minimum atomic E-state index is -0.560. The van der Waals surface area contributed by atoms with Crippen molar-refractivity contribution >= 4 is 47.1 Å². The highest BCUT2D eigenvalue weighted by atomic mass is 16.6. The van der Waals surface area contributed by atoms with E-state index in [1.165, 1.54) is 25.2 Å². The second-order valence-corrected chi connectivity index (χ2v) is 10.6. The summed E-state index contributed by atoms with van der Waals surface area (Å²) in [6.07, 6.45) is 7.49. The van der Waals surface area contributed by atoms with E-state index in [1.807, 2.05) is 54.6 Å². The lowest BCUT2D eigenvalue weighted by molar-refractivity contribution is 0.110. The van der Waals surface area contributed by atoms with Gasteiger partial charge in [0, 0.05) is 0 Å². The van der Waals surface area contributed by atoms with Crippen molar-refractivity contribution < 1.29 is 38.9 Å². The van der Waals surface area contributed by atoms with Gasteiger partial charge in [0.2, 0.25) is 24.3 Å². The van der Waals surface area contributed by atoms with Crippen LogP contribution in [0.3, 0.4) is 0 Å². The standard InChI is InChI=1S/2C15H10N2O2.C3H8O2.C3H6O.C2H4O/c18-10-16-14-5-1-12(2-6-14)9-13-3-7-15(8-4-13)17-11-19;18-10-16-14-7-5-12(6-8-14)9-13-3-1-2-4-15(13)17-11-19;1-3(5)2-4;1-3-2-4-3;1-2-3-1/h2*1-8H,9H2;3-5H,2H2,1H3;3H,2H2,1H3;1-2H2/t;;2*3-;/m..11./s1. The van der Waals surface area contributed by atoms with Crippen molar-refractivity contribution in [3.05, 3.63) is 119 Å². The highest BCUT2D eigenvalue weighted by Gasteiger charge is 2.13. The van der Waals surface area contributed by atoms with E-state index in [4.69, 9.17) is 14.9 Å². The molecule has 2 saturated heterocycles. The number of hydrogen-bond donors (Lipinski definition) is 2. The number of nitrogens with zero attached hydrogens (tertiary/aromatic N) is 4. The molecule has 0 amide bonds. The number of hydrogen-bond acceptors (Lipinski definition) is 12. The average molecular weight is 679 g/mol. The molecule has 4 aromatic carbocycles. The van der Waals surface area contributed by atoms with E-state index < -0.39 is 6.10 Å². The van der Waals surface area contributed by atoms with Crippen LogP contribution < -0.4 is 0 Å². The summed E-state index contributed by atoms with van der Waals surface area (Å²) in [7, 11) is 0. The zero-order chi connectivity index (χ0) is 36.4. The number of para-hydroxylation sites is 1. The Balaban J connectivity index is 0.000000260. The summed E-state index contributed by atoms with van der Waals surface area (Å²) in [6.45, 7) is 6.43. The fourth-order valence-corrected chi connectivity index (χ4v) is 3.59. The van der Waals surface area contributed by atoms with E-state index in [-0.39, 0.29) is 6.61 Å². The summed E-state index contributed by atoms with van der Waals surface area (Å²) in [5, 5.41) is 16.0. The van der Waals surface area contributed by atoms with E-state index in [9.17, 15) is 19.2 Å². The number of aliphatic hydroxyl groups is 2. The molecule has 258 valence electrons. The molecule has 2 fully saturated rings. The minimum absolute atomic E-state index is 0.139. The van der Waals surface area contributed by atoms with Crippen LogP contribution >= 0.6 is 0 Å². The molecule has 2 N–H and O–H groups in total. The Kier molecular flexibility index (Phi) is 19.7. The quantitative estimate of drug-likeness (QED) is 0.119. The van der Waals surface area contributed by atoms with Crippen molar-refractivity contribution in [3.63, 3.8) is 0 Å². The molecule has 2 heterocycles. The lowest BCUT2D eigenvalue weighted by atomic mass is 10.0. The van der Waals surface area contributed by atoms with Gasteiger partial charge < -0.3 is 19.7 Å². The first kappa shape index (κ1) is 40.4. The number of ether oxygens (including phenoxy) is 2. The van der Waals surface area contributed by atoms with Crippen LogP contribution in [-0.2, 0) is 41.5 Å². The van der Waals surface area contributed by atoms with Gasteiger partial charge in [0.25, 0.3) is 0 Å². The third-order valence-corrected chi connectivity index (χ3v) is 6.26. The fraction of sp³-hybridized carbons (Fsp3) is 0.263. The fourth-order valence-electron chi connectivity index (χ4n) is 3.59. The van der Waals surface area contributed by atoms with Crippen LogP contribution in [0.15, 0.2) is 117 Å². The SMILES string of the molecule is C1CO1.C[C@@H](O)CO.C[C@@H]1CO1.O=C=Nc1ccc(Cc2ccc(N=C=O)cc2)cc1.O=C=Nc1ccc(Cc2ccccc2N=C=O)cc1. The molecule has 6 rings (SSSR count). The first-order valence-corrected chi connectivity index (χ1v) is 15.5. The van der Waals surface area contributed by atoms with Crippen LogP contribution in [0.1, 0.15) is 36.1 Å². The molecular weight excluding hydrogens is 640 g/mol. The monoisotopic (exact) mass is 678 g/mol. The number of benzene rings is 4. The van der Waals surface area contributed by atoms with Gasteiger partial charge in [0.05, 0.1) is 61.4 Å². The normalized spacial score (nSPS) is 13.2. The maximum Gasteiger partial charge on any atom is 0.240 e. The molecule has 0 saturated carbocycles. The van der Waals surface area contributed by atoms with Gasteiger partial charge in [-0.3, -0.25) is 0 Å². The van der Waals surface area contributed by atoms with Gasteiger partial charge in [0.15, 0.2) is 0 Å². The Hall–Kier alpha value is -5.76. The number of epoxide rings is 2. The van der Waals surface area contributed by atoms with Crippen LogP contribution in [0.25, 0.3) is 0 Å². The molecule has 12 heteroatoms. The number of carbonyl (C=O) groups excluding carboxylic acids is 4. The average Bonchev–Trinajstić information content (AvgIpc) is 4.07. The number of isocyanates is 4. The van der Waals surface area contributed by atoms with Crippen molar-refractivity contribution in [2.45, 2.75) is 38.9 Å². The summed E-state index contributed by atoms with van der Waals surface area (Å²) in [4.78, 5) is 55.0. The van der Waals surface area contributed by atoms with Gasteiger partial charge in [-0.1, -0.05) is 54.6 Å². The summed E-state index contributed by atoms with van der Waals surface area (Å²) in [5.41, 5.74) is 6.57. The van der Waals surface area contributed by atoms with Crippen molar-refractivity contribution in [3.8, 4) is 0 Å². The molecule has 0 spiro atoms. The highest BCUT2D eigenvalue weighted by Crippen LogP contribution is 2.23. The van der Waals surface area contributed by atoms with Gasteiger partial charge in [-0.2, -0.15) is 20.0 Å². The van der Waals surface area contributed by atoms with E-state index in [2.05, 4.69) is 31.6 Å². The third-order valence-electron chi connectivity index (χ3n) is 6.26. The summed E-state index contributed by atoms with van der Waals surface area (Å²) >= 11 is 0. The molecule has 12 nitrogen and oxygen atoms in total. The third kappa shape index (κ3) is 19.2. The second kappa shape index (κ2) is 24.4. The highest BCUT2D eigenvalue weighted by molar-refractivity contribution is 5.56. The maximum absolute atomic E-state index is 10.4. The van der Waals surface area contributed by atoms with E-state index in [0.29, 0.717) is 35.3 Å². The van der Waals surface area contributed by atoms with Gasteiger partial charge in [0.1, 0.15) is 0 Å². The molecule has 0 unspecified atom stereocenters. The molecule has 0 aromatic heterocycles. The Labute approximate surface area is 290 Å². The molecule has 0 radical (unpaired) electrons. The molecule has 2 aliphatic heterocycles. The number of aliphatic imine (C=N–C) groups is 4. The molecule has 50 heavy (non-hydrogen) atoms. The molecule has 0 bridgehead atoms. The number of aliphatic hydroxyl groups excluding tert-OH is 2. The Morgan fingerprint density at radius 3 is 1.30 bits per heavy atom. The van der Waals surface area contributed by atoms with Gasteiger partial charge in [-0.15, -0.1) is 0 Å². The number of rotatable bonds is 9. The maximum atomic E-state index is 10.4. The van der Waals surface area contributed by atoms with Gasteiger partial charge in [-0.05, 0) is 91.4 Å². The van der Waals surface area contributed by atoms with Gasteiger partial charge in [-0.25, -0.2) is 19.2 Å². The van der Waals surface area contributed by atoms with Crippen LogP contribution in [0.2, 0.25) is 0 Å². The van der Waals surface area contributed by atoms with Gasteiger partial charge >= 0.3 is 0 Å².